The largest absolute Gasteiger partial charge is 0.366 e. The maximum Gasteiger partial charge on any atom is 0.165 e. The van der Waals surface area contributed by atoms with E-state index in [2.05, 4.69) is 6.58 Å². The minimum absolute atomic E-state index is 0.0868. The van der Waals surface area contributed by atoms with Crippen molar-refractivity contribution in [3.8, 4) is 0 Å². The highest BCUT2D eigenvalue weighted by atomic mass is 16.5. The first-order valence-corrected chi connectivity index (χ1v) is 4.27. The molecule has 0 saturated carbocycles. The molecule has 1 aliphatic rings. The smallest absolute Gasteiger partial charge is 0.165 e. The Morgan fingerprint density at radius 1 is 1.67 bits per heavy atom. The molecule has 0 amide bonds. The van der Waals surface area contributed by atoms with Gasteiger partial charge < -0.3 is 10.5 Å². The van der Waals surface area contributed by atoms with E-state index < -0.39 is 0 Å². The molecule has 0 aromatic rings. The summed E-state index contributed by atoms with van der Waals surface area (Å²) in [5.41, 5.74) is 5.41. The van der Waals surface area contributed by atoms with Crippen LogP contribution in [0.1, 0.15) is 19.3 Å². The first-order chi connectivity index (χ1) is 5.77. The number of hydrogen-bond acceptors (Lipinski definition) is 3. The van der Waals surface area contributed by atoms with E-state index in [1.165, 1.54) is 0 Å². The van der Waals surface area contributed by atoms with E-state index in [1.54, 1.807) is 6.08 Å². The highest BCUT2D eigenvalue weighted by molar-refractivity contribution is 5.84. The lowest BCUT2D eigenvalue weighted by molar-refractivity contribution is -0.128. The van der Waals surface area contributed by atoms with Crippen LogP contribution >= 0.6 is 0 Å². The Kier molecular flexibility index (Phi) is 3.44. The van der Waals surface area contributed by atoms with Crippen molar-refractivity contribution >= 4 is 5.78 Å². The van der Waals surface area contributed by atoms with Crippen LogP contribution in [0.4, 0.5) is 0 Å². The number of ether oxygens (including phenoxy) is 1. The van der Waals surface area contributed by atoms with Gasteiger partial charge in [-0.25, -0.2) is 0 Å². The van der Waals surface area contributed by atoms with Crippen LogP contribution in [-0.2, 0) is 9.53 Å². The Bertz CT molecular complexity index is 179. The van der Waals surface area contributed by atoms with Crippen molar-refractivity contribution in [3.63, 3.8) is 0 Å². The Labute approximate surface area is 72.6 Å². The van der Waals surface area contributed by atoms with E-state index in [4.69, 9.17) is 10.5 Å². The van der Waals surface area contributed by atoms with Gasteiger partial charge >= 0.3 is 0 Å². The highest BCUT2D eigenvalue weighted by Gasteiger charge is 2.28. The van der Waals surface area contributed by atoms with Crippen molar-refractivity contribution < 1.29 is 9.53 Å². The van der Waals surface area contributed by atoms with Gasteiger partial charge in [0.15, 0.2) is 5.78 Å². The molecule has 0 bridgehead atoms. The van der Waals surface area contributed by atoms with Crippen LogP contribution in [0.3, 0.4) is 0 Å². The molecule has 0 aromatic carbocycles. The van der Waals surface area contributed by atoms with Gasteiger partial charge in [-0.05, 0) is 12.8 Å². The predicted octanol–water partition coefficient (Wildman–Crippen LogP) is 0.638. The molecule has 2 N–H and O–H groups in total. The monoisotopic (exact) mass is 169 g/mol. The van der Waals surface area contributed by atoms with Gasteiger partial charge in [0.2, 0.25) is 0 Å². The van der Waals surface area contributed by atoms with E-state index >= 15 is 0 Å². The third-order valence-electron chi connectivity index (χ3n) is 2.08. The summed E-state index contributed by atoms with van der Waals surface area (Å²) in [4.78, 5) is 11.3. The summed E-state index contributed by atoms with van der Waals surface area (Å²) in [6.45, 7) is 4.02. The molecule has 12 heavy (non-hydrogen) atoms. The second-order valence-corrected chi connectivity index (χ2v) is 3.02. The molecule has 1 fully saturated rings. The number of nitrogens with two attached hydrogens (primary N) is 1. The number of carbonyl (C=O) groups is 1. The summed E-state index contributed by atoms with van der Waals surface area (Å²) >= 11 is 0. The minimum atomic E-state index is -0.225. The summed E-state index contributed by atoms with van der Waals surface area (Å²) < 4.78 is 5.40. The Morgan fingerprint density at radius 2 is 2.42 bits per heavy atom. The second kappa shape index (κ2) is 4.38. The first kappa shape index (κ1) is 9.42. The molecular formula is C9H15NO2. The van der Waals surface area contributed by atoms with Crippen molar-refractivity contribution in [2.45, 2.75) is 31.5 Å². The van der Waals surface area contributed by atoms with E-state index in [0.717, 1.165) is 12.8 Å². The molecule has 1 aliphatic heterocycles. The molecule has 0 spiro atoms. The van der Waals surface area contributed by atoms with Crippen LogP contribution < -0.4 is 5.73 Å². The van der Waals surface area contributed by atoms with Crippen LogP contribution in [0.25, 0.3) is 0 Å². The molecule has 1 saturated heterocycles. The molecular weight excluding hydrogens is 154 g/mol. The molecule has 3 nitrogen and oxygen atoms in total. The van der Waals surface area contributed by atoms with Crippen LogP contribution in [0.2, 0.25) is 0 Å². The van der Waals surface area contributed by atoms with Crippen LogP contribution in [0.5, 0.6) is 0 Å². The third kappa shape index (κ3) is 2.16. The van der Waals surface area contributed by atoms with Gasteiger partial charge in [-0.2, -0.15) is 0 Å². The third-order valence-corrected chi connectivity index (χ3v) is 2.08. The number of carbonyl (C=O) groups excluding carboxylic acids is 1. The van der Waals surface area contributed by atoms with Crippen molar-refractivity contribution in [1.29, 1.82) is 0 Å². The fourth-order valence-electron chi connectivity index (χ4n) is 1.39. The molecule has 1 heterocycles. The molecule has 0 aromatic heterocycles. The van der Waals surface area contributed by atoms with E-state index in [0.29, 0.717) is 13.0 Å². The van der Waals surface area contributed by atoms with Crippen LogP contribution in [0, 0.1) is 0 Å². The molecule has 3 heteroatoms. The van der Waals surface area contributed by atoms with Crippen molar-refractivity contribution in [2.75, 3.05) is 6.54 Å². The standard InChI is InChI=1S/C9H15NO2/c1-2-3-8(11)9-5-4-7(6-10)12-9/h2,7,9H,1,3-6,10H2. The Balaban J connectivity index is 2.35. The van der Waals surface area contributed by atoms with Crippen molar-refractivity contribution in [2.24, 2.45) is 5.73 Å². The zero-order valence-electron chi connectivity index (χ0n) is 7.16. The first-order valence-electron chi connectivity index (χ1n) is 4.27. The van der Waals surface area contributed by atoms with Crippen LogP contribution in [0.15, 0.2) is 12.7 Å². The molecule has 0 aliphatic carbocycles. The number of rotatable bonds is 4. The van der Waals surface area contributed by atoms with E-state index in [-0.39, 0.29) is 18.0 Å². The van der Waals surface area contributed by atoms with Gasteiger partial charge in [0, 0.05) is 13.0 Å². The zero-order chi connectivity index (χ0) is 8.97. The van der Waals surface area contributed by atoms with Crippen molar-refractivity contribution in [1.82, 2.24) is 0 Å². The maximum atomic E-state index is 11.3. The fourth-order valence-corrected chi connectivity index (χ4v) is 1.39. The topological polar surface area (TPSA) is 52.3 Å². The lowest BCUT2D eigenvalue weighted by atomic mass is 10.1. The molecule has 68 valence electrons. The fraction of sp³-hybridized carbons (Fsp3) is 0.667. The molecule has 2 unspecified atom stereocenters. The predicted molar refractivity (Wildman–Crippen MR) is 46.8 cm³/mol. The second-order valence-electron chi connectivity index (χ2n) is 3.02. The number of ketones is 1. The number of allylic oxidation sites excluding steroid dienone is 1. The summed E-state index contributed by atoms with van der Waals surface area (Å²) in [5.74, 6) is 0.126. The lowest BCUT2D eigenvalue weighted by Crippen LogP contribution is -2.24. The quantitative estimate of drug-likeness (QED) is 0.628. The molecule has 2 atom stereocenters. The summed E-state index contributed by atoms with van der Waals surface area (Å²) in [6, 6.07) is 0. The highest BCUT2D eigenvalue weighted by Crippen LogP contribution is 2.20. The van der Waals surface area contributed by atoms with E-state index in [9.17, 15) is 4.79 Å². The SMILES string of the molecule is C=CCC(=O)C1CCC(CN)O1. The number of hydrogen-bond donors (Lipinski definition) is 1. The van der Waals surface area contributed by atoms with Crippen molar-refractivity contribution in [3.05, 3.63) is 12.7 Å². The van der Waals surface area contributed by atoms with Gasteiger partial charge in [-0.3, -0.25) is 4.79 Å². The minimum Gasteiger partial charge on any atom is -0.366 e. The van der Waals surface area contributed by atoms with Gasteiger partial charge in [-0.1, -0.05) is 6.08 Å². The summed E-state index contributed by atoms with van der Waals surface area (Å²) in [7, 11) is 0. The lowest BCUT2D eigenvalue weighted by Gasteiger charge is -2.09. The van der Waals surface area contributed by atoms with E-state index in [1.807, 2.05) is 0 Å². The Hall–Kier alpha value is -0.670. The molecule has 1 rings (SSSR count). The maximum absolute atomic E-state index is 11.3. The van der Waals surface area contributed by atoms with Gasteiger partial charge in [0.1, 0.15) is 6.10 Å². The molecule has 0 radical (unpaired) electrons. The van der Waals surface area contributed by atoms with Gasteiger partial charge in [0.05, 0.1) is 6.10 Å². The average Bonchev–Trinajstić information content (AvgIpc) is 2.52. The summed E-state index contributed by atoms with van der Waals surface area (Å²) in [5, 5.41) is 0. The normalized spacial score (nSPS) is 28.8. The average molecular weight is 169 g/mol. The zero-order valence-corrected chi connectivity index (χ0v) is 7.16. The van der Waals surface area contributed by atoms with Crippen LogP contribution in [-0.4, -0.2) is 24.5 Å². The summed E-state index contributed by atoms with van der Waals surface area (Å²) in [6.07, 6.45) is 3.60. The Morgan fingerprint density at radius 3 is 2.92 bits per heavy atom. The van der Waals surface area contributed by atoms with Gasteiger partial charge in [-0.15, -0.1) is 6.58 Å². The van der Waals surface area contributed by atoms with Gasteiger partial charge in [0.25, 0.3) is 0 Å². The number of Topliss-reactive ketones (excluding diaryl/α,β-unsaturated/α-hetero) is 1.